The van der Waals surface area contributed by atoms with Gasteiger partial charge in [0.1, 0.15) is 0 Å². The van der Waals surface area contributed by atoms with E-state index >= 15 is 0 Å². The predicted octanol–water partition coefficient (Wildman–Crippen LogP) is 3.60. The second-order valence-corrected chi connectivity index (χ2v) is 7.65. The molecule has 18 heavy (non-hydrogen) atoms. The van der Waals surface area contributed by atoms with Crippen LogP contribution in [0.4, 0.5) is 0 Å². The maximum atomic E-state index is 10.3. The van der Waals surface area contributed by atoms with Crippen molar-refractivity contribution in [1.29, 1.82) is 0 Å². The zero-order chi connectivity index (χ0) is 13.1. The van der Waals surface area contributed by atoms with E-state index in [2.05, 4.69) is 38.3 Å². The van der Waals surface area contributed by atoms with Crippen molar-refractivity contribution in [3.63, 3.8) is 0 Å². The van der Waals surface area contributed by atoms with Crippen LogP contribution in [-0.2, 0) is 13.0 Å². The lowest BCUT2D eigenvalue weighted by molar-refractivity contribution is 0.0976. The zero-order valence-electron chi connectivity index (χ0n) is 12.1. The molecule has 100 valence electrons. The van der Waals surface area contributed by atoms with Gasteiger partial charge in [0.25, 0.3) is 0 Å². The molecule has 1 heterocycles. The summed E-state index contributed by atoms with van der Waals surface area (Å²) in [5.74, 6) is 0. The summed E-state index contributed by atoms with van der Waals surface area (Å²) in [6, 6.07) is 2.21. The Labute approximate surface area is 110 Å². The van der Waals surface area contributed by atoms with Gasteiger partial charge in [0.05, 0.1) is 6.10 Å². The normalized spacial score (nSPS) is 27.9. The number of aliphatic hydroxyl groups excluding tert-OH is 1. The maximum Gasteiger partial charge on any atom is 0.0812 e. The maximum absolute atomic E-state index is 10.3. The predicted molar refractivity (Wildman–Crippen MR) is 73.6 cm³/mol. The number of hydrogen-bond acceptors (Lipinski definition) is 1. The number of aliphatic hydroxyl groups is 1. The summed E-state index contributed by atoms with van der Waals surface area (Å²) in [5.41, 5.74) is 4.65. The third-order valence-electron chi connectivity index (χ3n) is 4.84. The van der Waals surface area contributed by atoms with Gasteiger partial charge in [-0.2, -0.15) is 0 Å². The number of fused-ring (bicyclic) bond motifs is 1. The molecule has 1 N–H and O–H groups in total. The largest absolute Gasteiger partial charge is 0.388 e. The molecule has 0 amide bonds. The van der Waals surface area contributed by atoms with E-state index < -0.39 is 0 Å². The lowest BCUT2D eigenvalue weighted by Crippen LogP contribution is -2.27. The molecule has 1 aromatic rings. The molecule has 1 unspecified atom stereocenters. The average molecular weight is 247 g/mol. The Morgan fingerprint density at radius 3 is 2.61 bits per heavy atom. The number of aryl methyl sites for hydroxylation is 1. The summed E-state index contributed by atoms with van der Waals surface area (Å²) in [6.07, 6.45) is 4.43. The first-order valence-electron chi connectivity index (χ1n) is 7.17. The van der Waals surface area contributed by atoms with E-state index in [9.17, 15) is 5.11 Å². The number of rotatable bonds is 2. The Hall–Kier alpha value is -0.760. The van der Waals surface area contributed by atoms with Crippen molar-refractivity contribution in [3.8, 4) is 0 Å². The minimum absolute atomic E-state index is 0.222. The zero-order valence-corrected chi connectivity index (χ0v) is 12.1. The van der Waals surface area contributed by atoms with Crippen LogP contribution in [0.3, 0.4) is 0 Å². The van der Waals surface area contributed by atoms with E-state index in [0.717, 1.165) is 19.4 Å². The van der Waals surface area contributed by atoms with Gasteiger partial charge in [-0.3, -0.25) is 0 Å². The second-order valence-electron chi connectivity index (χ2n) is 7.65. The van der Waals surface area contributed by atoms with Gasteiger partial charge in [0.2, 0.25) is 0 Å². The van der Waals surface area contributed by atoms with E-state index in [1.54, 1.807) is 0 Å². The number of hydrogen-bond donors (Lipinski definition) is 1. The standard InChI is InChI=1S/C16H25NO/c1-11-7-12-13(8-15(2,3)9-14(12)18)17(11)10-16(4)5-6-16/h7,14,18H,5-6,8-10H2,1-4H3. The molecule has 0 bridgehead atoms. The van der Waals surface area contributed by atoms with Crippen molar-refractivity contribution < 1.29 is 5.11 Å². The van der Waals surface area contributed by atoms with Gasteiger partial charge in [-0.15, -0.1) is 0 Å². The quantitative estimate of drug-likeness (QED) is 0.848. The Balaban J connectivity index is 2.00. The number of aromatic nitrogens is 1. The minimum atomic E-state index is -0.268. The van der Waals surface area contributed by atoms with E-state index in [1.807, 2.05) is 0 Å². The molecule has 1 atom stereocenters. The first-order valence-corrected chi connectivity index (χ1v) is 7.17. The Bertz CT molecular complexity index is 480. The highest BCUT2D eigenvalue weighted by Crippen LogP contribution is 2.48. The first-order chi connectivity index (χ1) is 8.30. The van der Waals surface area contributed by atoms with E-state index in [1.165, 1.54) is 29.8 Å². The summed E-state index contributed by atoms with van der Waals surface area (Å²) in [4.78, 5) is 0. The molecule has 1 saturated carbocycles. The Morgan fingerprint density at radius 1 is 1.33 bits per heavy atom. The van der Waals surface area contributed by atoms with Crippen LogP contribution in [-0.4, -0.2) is 9.67 Å². The summed E-state index contributed by atoms with van der Waals surface area (Å²) < 4.78 is 2.48. The summed E-state index contributed by atoms with van der Waals surface area (Å²) >= 11 is 0. The molecule has 2 aliphatic carbocycles. The van der Waals surface area contributed by atoms with Gasteiger partial charge in [0, 0.05) is 23.5 Å². The molecular weight excluding hydrogens is 222 g/mol. The van der Waals surface area contributed by atoms with Crippen LogP contribution >= 0.6 is 0 Å². The van der Waals surface area contributed by atoms with Crippen molar-refractivity contribution in [2.75, 3.05) is 0 Å². The third kappa shape index (κ3) is 2.01. The Kier molecular flexibility index (Phi) is 2.48. The number of nitrogens with zero attached hydrogens (tertiary/aromatic N) is 1. The highest BCUT2D eigenvalue weighted by molar-refractivity contribution is 5.33. The van der Waals surface area contributed by atoms with Crippen LogP contribution < -0.4 is 0 Å². The van der Waals surface area contributed by atoms with Gasteiger partial charge in [-0.05, 0) is 49.5 Å². The van der Waals surface area contributed by atoms with Crippen LogP contribution in [0, 0.1) is 17.8 Å². The topological polar surface area (TPSA) is 25.2 Å². The van der Waals surface area contributed by atoms with Gasteiger partial charge in [0.15, 0.2) is 0 Å². The summed E-state index contributed by atoms with van der Waals surface area (Å²) in [5, 5.41) is 10.3. The molecule has 0 radical (unpaired) electrons. The molecule has 1 fully saturated rings. The van der Waals surface area contributed by atoms with Crippen LogP contribution in [0.1, 0.15) is 63.1 Å². The lowest BCUT2D eigenvalue weighted by Gasteiger charge is -2.34. The van der Waals surface area contributed by atoms with Crippen molar-refractivity contribution in [1.82, 2.24) is 4.57 Å². The minimum Gasteiger partial charge on any atom is -0.388 e. The fourth-order valence-electron chi connectivity index (χ4n) is 3.37. The van der Waals surface area contributed by atoms with Gasteiger partial charge in [-0.25, -0.2) is 0 Å². The average Bonchev–Trinajstić information content (AvgIpc) is 2.88. The molecule has 1 aromatic heterocycles. The summed E-state index contributed by atoms with van der Waals surface area (Å²) in [6.45, 7) is 10.2. The molecular formula is C16H25NO. The first kappa shape index (κ1) is 12.3. The van der Waals surface area contributed by atoms with Crippen molar-refractivity contribution in [2.24, 2.45) is 10.8 Å². The molecule has 3 rings (SSSR count). The highest BCUT2D eigenvalue weighted by atomic mass is 16.3. The van der Waals surface area contributed by atoms with Gasteiger partial charge >= 0.3 is 0 Å². The third-order valence-corrected chi connectivity index (χ3v) is 4.84. The summed E-state index contributed by atoms with van der Waals surface area (Å²) in [7, 11) is 0. The second kappa shape index (κ2) is 3.63. The van der Waals surface area contributed by atoms with Crippen LogP contribution in [0.15, 0.2) is 6.07 Å². The van der Waals surface area contributed by atoms with E-state index in [-0.39, 0.29) is 11.5 Å². The monoisotopic (exact) mass is 247 g/mol. The van der Waals surface area contributed by atoms with Crippen molar-refractivity contribution in [2.45, 2.75) is 66.0 Å². The van der Waals surface area contributed by atoms with Gasteiger partial charge in [-0.1, -0.05) is 20.8 Å². The van der Waals surface area contributed by atoms with Crippen molar-refractivity contribution in [3.05, 3.63) is 23.0 Å². The van der Waals surface area contributed by atoms with Crippen molar-refractivity contribution >= 4 is 0 Å². The van der Waals surface area contributed by atoms with Crippen LogP contribution in [0.5, 0.6) is 0 Å². The lowest BCUT2D eigenvalue weighted by atomic mass is 9.75. The van der Waals surface area contributed by atoms with E-state index in [4.69, 9.17) is 0 Å². The molecule has 0 spiro atoms. The molecule has 0 saturated heterocycles. The molecule has 2 heteroatoms. The Morgan fingerprint density at radius 2 is 2.00 bits per heavy atom. The molecule has 2 aliphatic rings. The SMILES string of the molecule is Cc1cc2c(n1CC1(C)CC1)CC(C)(C)CC2O. The van der Waals surface area contributed by atoms with Crippen LogP contribution in [0.2, 0.25) is 0 Å². The smallest absolute Gasteiger partial charge is 0.0812 e. The fraction of sp³-hybridized carbons (Fsp3) is 0.750. The van der Waals surface area contributed by atoms with Crippen LogP contribution in [0.25, 0.3) is 0 Å². The fourth-order valence-corrected chi connectivity index (χ4v) is 3.37. The van der Waals surface area contributed by atoms with Gasteiger partial charge < -0.3 is 9.67 Å². The molecule has 0 aromatic carbocycles. The van der Waals surface area contributed by atoms with E-state index in [0.29, 0.717) is 5.41 Å². The highest BCUT2D eigenvalue weighted by Gasteiger charge is 2.40. The molecule has 0 aliphatic heterocycles. The molecule has 2 nitrogen and oxygen atoms in total.